The third kappa shape index (κ3) is 6.95. The second-order valence-electron chi connectivity index (χ2n) is 22.9. The topological polar surface area (TPSA) is 103 Å². The normalized spacial score (nSPS) is 14.0. The van der Waals surface area contributed by atoms with Crippen molar-refractivity contribution in [2.75, 3.05) is 0 Å². The van der Waals surface area contributed by atoms with Crippen molar-refractivity contribution in [3.63, 3.8) is 0 Å². The summed E-state index contributed by atoms with van der Waals surface area (Å²) in [4.78, 5) is 41.4. The zero-order valence-electron chi connectivity index (χ0n) is 46.5. The number of aromatic nitrogens is 8. The molecule has 2 aliphatic rings. The smallest absolute Gasteiger partial charge is 0.0972 e. The molecule has 400 valence electrons. The molecule has 9 aromatic carbocycles. The standard InChI is InChI=1S/C79H44N8/c1-2-14-62-56(12-1)57-31-24-54(67-35-28-50-21-17-46-9-5-39-81-72(46)76(50)85-67)43-64(57)79(62)63-15-3-13-59(70(63)60-33-26-55(44-65(60)79)68-36-29-51-22-18-47-10-6-40-82-73(47)77(51)86-68)61-42-53(66-34-27-49-20-16-45-8-4-38-80-71(45)75(49)84-66)25-32-58(61)69-37-30-52-23-19-48-11-7-41-83-74(48)78(52)87-69/h1-44H. The molecule has 0 bridgehead atoms. The molecule has 8 nitrogen and oxygen atoms in total. The molecule has 0 amide bonds. The Morgan fingerprint density at radius 1 is 0.207 bits per heavy atom. The third-order valence-electron chi connectivity index (χ3n) is 18.4. The summed E-state index contributed by atoms with van der Waals surface area (Å²) < 4.78 is 0. The van der Waals surface area contributed by atoms with E-state index >= 15 is 0 Å². The van der Waals surface area contributed by atoms with Crippen molar-refractivity contribution in [1.29, 1.82) is 0 Å². The van der Waals surface area contributed by atoms with Gasteiger partial charge in [-0.1, -0.05) is 176 Å². The molecule has 0 radical (unpaired) electrons. The van der Waals surface area contributed by atoms with Crippen LogP contribution < -0.4 is 0 Å². The van der Waals surface area contributed by atoms with Crippen LogP contribution in [0.3, 0.4) is 0 Å². The predicted molar refractivity (Wildman–Crippen MR) is 352 cm³/mol. The summed E-state index contributed by atoms with van der Waals surface area (Å²) in [6.45, 7) is 0. The molecule has 1 spiro atoms. The van der Waals surface area contributed by atoms with Crippen LogP contribution in [-0.2, 0) is 5.41 Å². The lowest BCUT2D eigenvalue weighted by atomic mass is 9.70. The molecule has 1 unspecified atom stereocenters. The fourth-order valence-electron chi connectivity index (χ4n) is 14.5. The Balaban J connectivity index is 0.893. The van der Waals surface area contributed by atoms with Crippen molar-refractivity contribution < 1.29 is 0 Å². The van der Waals surface area contributed by atoms with Gasteiger partial charge in [-0.25, -0.2) is 19.9 Å². The second kappa shape index (κ2) is 18.1. The lowest BCUT2D eigenvalue weighted by Gasteiger charge is -2.31. The monoisotopic (exact) mass is 1100 g/mol. The summed E-state index contributed by atoms with van der Waals surface area (Å²) in [6, 6.07) is 87.5. The first-order valence-corrected chi connectivity index (χ1v) is 29.4. The summed E-state index contributed by atoms with van der Waals surface area (Å²) in [5.74, 6) is 0. The van der Waals surface area contributed by atoms with Gasteiger partial charge >= 0.3 is 0 Å². The van der Waals surface area contributed by atoms with Gasteiger partial charge in [-0.3, -0.25) is 19.9 Å². The van der Waals surface area contributed by atoms with E-state index in [1.165, 1.54) is 33.4 Å². The minimum atomic E-state index is -0.785. The lowest BCUT2D eigenvalue weighted by Crippen LogP contribution is -2.26. The molecular weight excluding hydrogens is 1060 g/mol. The first-order valence-electron chi connectivity index (χ1n) is 29.4. The van der Waals surface area contributed by atoms with E-state index in [-0.39, 0.29) is 0 Å². The van der Waals surface area contributed by atoms with E-state index in [0.717, 1.165) is 155 Å². The minimum absolute atomic E-state index is 0.785. The molecule has 0 fully saturated rings. The van der Waals surface area contributed by atoms with Crippen molar-refractivity contribution in [3.8, 4) is 78.4 Å². The number of rotatable bonds is 5. The highest BCUT2D eigenvalue weighted by Gasteiger charge is 2.52. The van der Waals surface area contributed by atoms with Gasteiger partial charge in [0.1, 0.15) is 0 Å². The van der Waals surface area contributed by atoms with Gasteiger partial charge in [-0.2, -0.15) is 0 Å². The van der Waals surface area contributed by atoms with Crippen LogP contribution in [0.4, 0.5) is 0 Å². The van der Waals surface area contributed by atoms with E-state index in [9.17, 15) is 0 Å². The van der Waals surface area contributed by atoms with Gasteiger partial charge in [0.25, 0.3) is 0 Å². The number of hydrogen-bond donors (Lipinski definition) is 0. The molecule has 17 aromatic rings. The van der Waals surface area contributed by atoms with Gasteiger partial charge in [0, 0.05) is 90.1 Å². The molecule has 19 rings (SSSR count). The third-order valence-corrected chi connectivity index (χ3v) is 18.4. The molecule has 8 aromatic heterocycles. The molecule has 2 aliphatic carbocycles. The molecule has 8 heteroatoms. The fourth-order valence-corrected chi connectivity index (χ4v) is 14.5. The Morgan fingerprint density at radius 2 is 0.563 bits per heavy atom. The predicted octanol–water partition coefficient (Wildman–Crippen LogP) is 18.8. The second-order valence-corrected chi connectivity index (χ2v) is 22.9. The maximum absolute atomic E-state index is 5.56. The highest BCUT2D eigenvalue weighted by atomic mass is 14.8. The van der Waals surface area contributed by atoms with Crippen LogP contribution in [0.15, 0.2) is 267 Å². The van der Waals surface area contributed by atoms with Gasteiger partial charge in [0.05, 0.1) is 72.3 Å². The van der Waals surface area contributed by atoms with E-state index in [4.69, 9.17) is 39.9 Å². The molecule has 0 saturated heterocycles. The number of fused-ring (bicyclic) bond motifs is 22. The summed E-state index contributed by atoms with van der Waals surface area (Å²) >= 11 is 0. The number of hydrogen-bond acceptors (Lipinski definition) is 8. The molecule has 8 heterocycles. The van der Waals surface area contributed by atoms with Gasteiger partial charge in [0.2, 0.25) is 0 Å². The molecule has 87 heavy (non-hydrogen) atoms. The zero-order chi connectivity index (χ0) is 56.9. The Kier molecular flexibility index (Phi) is 9.95. The zero-order valence-corrected chi connectivity index (χ0v) is 46.5. The first-order chi connectivity index (χ1) is 43.1. The molecule has 0 aliphatic heterocycles. The highest BCUT2D eigenvalue weighted by Crippen LogP contribution is 2.65. The number of nitrogens with zero attached hydrogens (tertiary/aromatic N) is 8. The quantitative estimate of drug-likeness (QED) is 0.157. The molecule has 0 saturated carbocycles. The largest absolute Gasteiger partial charge is 0.254 e. The van der Waals surface area contributed by atoms with E-state index in [1.54, 1.807) is 0 Å². The van der Waals surface area contributed by atoms with Crippen LogP contribution in [0, 0.1) is 0 Å². The molecule has 0 N–H and O–H groups in total. The average molecular weight is 1110 g/mol. The van der Waals surface area contributed by atoms with Crippen molar-refractivity contribution >= 4 is 87.2 Å². The summed E-state index contributed by atoms with van der Waals surface area (Å²) in [5, 5.41) is 8.37. The van der Waals surface area contributed by atoms with Crippen molar-refractivity contribution in [2.45, 2.75) is 5.41 Å². The van der Waals surface area contributed by atoms with E-state index in [0.29, 0.717) is 0 Å². The SMILES string of the molecule is c1ccc2c(c1)-c1ccc(-c3ccc4ccc5cccnc5c4n3)cc1C21c2cc(-c3ccc4ccc5cccnc5c4n3)ccc2-c2c(-c3cc(-c4ccc5ccc6cccnc6c5n4)ccc3-c3ccc4ccc5cccnc5c4n3)cccc21. The van der Waals surface area contributed by atoms with Crippen LogP contribution in [0.1, 0.15) is 22.3 Å². The van der Waals surface area contributed by atoms with Crippen LogP contribution in [0.2, 0.25) is 0 Å². The van der Waals surface area contributed by atoms with Gasteiger partial charge in [0.15, 0.2) is 0 Å². The Labute approximate surface area is 497 Å². The highest BCUT2D eigenvalue weighted by molar-refractivity contribution is 6.09. The van der Waals surface area contributed by atoms with Crippen LogP contribution in [-0.4, -0.2) is 39.9 Å². The van der Waals surface area contributed by atoms with Crippen LogP contribution in [0.5, 0.6) is 0 Å². The van der Waals surface area contributed by atoms with Crippen LogP contribution in [0.25, 0.3) is 166 Å². The maximum Gasteiger partial charge on any atom is 0.0972 e. The Hall–Kier alpha value is -11.7. The van der Waals surface area contributed by atoms with E-state index in [1.807, 2.05) is 49.1 Å². The lowest BCUT2D eigenvalue weighted by molar-refractivity contribution is 0.794. The fraction of sp³-hybridized carbons (Fsp3) is 0.0127. The summed E-state index contributed by atoms with van der Waals surface area (Å²) in [5.41, 5.74) is 25.3. The van der Waals surface area contributed by atoms with Gasteiger partial charge in [-0.15, -0.1) is 0 Å². The van der Waals surface area contributed by atoms with Crippen molar-refractivity contribution in [2.24, 2.45) is 0 Å². The minimum Gasteiger partial charge on any atom is -0.254 e. The Bertz CT molecular complexity index is 5880. The molecule has 1 atom stereocenters. The first kappa shape index (κ1) is 47.7. The summed E-state index contributed by atoms with van der Waals surface area (Å²) in [6.07, 6.45) is 7.41. The van der Waals surface area contributed by atoms with E-state index in [2.05, 4.69) is 218 Å². The van der Waals surface area contributed by atoms with Crippen LogP contribution >= 0.6 is 0 Å². The summed E-state index contributed by atoms with van der Waals surface area (Å²) in [7, 11) is 0. The van der Waals surface area contributed by atoms with Gasteiger partial charge < -0.3 is 0 Å². The van der Waals surface area contributed by atoms with Gasteiger partial charge in [-0.05, 0) is 122 Å². The number of pyridine rings is 8. The number of benzene rings is 9. The average Bonchev–Trinajstić information content (AvgIpc) is 1.57. The van der Waals surface area contributed by atoms with Crippen molar-refractivity contribution in [3.05, 3.63) is 290 Å². The maximum atomic E-state index is 5.56. The Morgan fingerprint density at radius 3 is 1.06 bits per heavy atom. The van der Waals surface area contributed by atoms with E-state index < -0.39 is 5.41 Å². The van der Waals surface area contributed by atoms with Crippen molar-refractivity contribution in [1.82, 2.24) is 39.9 Å². The molecular formula is C79H44N8.